The van der Waals surface area contributed by atoms with Gasteiger partial charge in [-0.3, -0.25) is 4.79 Å². The second kappa shape index (κ2) is 4.45. The fourth-order valence-electron chi connectivity index (χ4n) is 2.05. The highest BCUT2D eigenvalue weighted by Gasteiger charge is 2.15. The maximum atomic E-state index is 11.0. The zero-order chi connectivity index (χ0) is 10.7. The quantitative estimate of drug-likeness (QED) is 0.768. The molecule has 80 valence electrons. The molecule has 0 saturated carbocycles. The van der Waals surface area contributed by atoms with Crippen LogP contribution >= 0.6 is 0 Å². The topological polar surface area (TPSA) is 55.1 Å². The van der Waals surface area contributed by atoms with Crippen LogP contribution in [-0.2, 0) is 0 Å². The molecule has 1 heterocycles. The number of carbonyl (C=O) groups is 1. The summed E-state index contributed by atoms with van der Waals surface area (Å²) in [6, 6.07) is 7.99. The van der Waals surface area contributed by atoms with Crippen LogP contribution in [0, 0.1) is 0 Å². The summed E-state index contributed by atoms with van der Waals surface area (Å²) in [5.41, 5.74) is 7.02. The molecule has 3 nitrogen and oxygen atoms in total. The van der Waals surface area contributed by atoms with E-state index < -0.39 is 0 Å². The van der Waals surface area contributed by atoms with Crippen LogP contribution in [0.5, 0.6) is 0 Å². The number of rotatable bonds is 2. The Kier molecular flexibility index (Phi) is 3.02. The van der Waals surface area contributed by atoms with Crippen molar-refractivity contribution < 1.29 is 4.79 Å². The van der Waals surface area contributed by atoms with Crippen LogP contribution in [0.1, 0.15) is 41.2 Å². The molecule has 0 aliphatic carbocycles. The number of piperidine rings is 1. The predicted octanol–water partition coefficient (Wildman–Crippen LogP) is 1.60. The SMILES string of the molecule is NC(=O)c1cccc([C@H]2CCCCN2)c1. The Bertz CT molecular complexity index is 356. The van der Waals surface area contributed by atoms with Gasteiger partial charge in [0, 0.05) is 11.6 Å². The average Bonchev–Trinajstić information content (AvgIpc) is 2.30. The number of nitrogens with two attached hydrogens (primary N) is 1. The van der Waals surface area contributed by atoms with E-state index in [0.29, 0.717) is 11.6 Å². The number of hydrogen-bond acceptors (Lipinski definition) is 2. The summed E-state index contributed by atoms with van der Waals surface area (Å²) in [6.07, 6.45) is 3.63. The van der Waals surface area contributed by atoms with Gasteiger partial charge in [0.1, 0.15) is 0 Å². The first-order valence-corrected chi connectivity index (χ1v) is 5.40. The van der Waals surface area contributed by atoms with Crippen LogP contribution in [0.4, 0.5) is 0 Å². The van der Waals surface area contributed by atoms with Gasteiger partial charge in [0.05, 0.1) is 0 Å². The normalized spacial score (nSPS) is 21.2. The molecule has 3 N–H and O–H groups in total. The van der Waals surface area contributed by atoms with Gasteiger partial charge in [0.25, 0.3) is 0 Å². The molecule has 0 radical (unpaired) electrons. The lowest BCUT2D eigenvalue weighted by molar-refractivity contribution is 0.1000. The minimum atomic E-state index is -0.354. The monoisotopic (exact) mass is 204 g/mol. The van der Waals surface area contributed by atoms with Crippen molar-refractivity contribution in [2.24, 2.45) is 5.73 Å². The molecule has 0 unspecified atom stereocenters. The molecule has 1 aliphatic rings. The van der Waals surface area contributed by atoms with E-state index in [1.165, 1.54) is 18.4 Å². The van der Waals surface area contributed by atoms with Gasteiger partial charge in [-0.15, -0.1) is 0 Å². The predicted molar refractivity (Wildman–Crippen MR) is 59.6 cm³/mol. The van der Waals surface area contributed by atoms with Crippen LogP contribution < -0.4 is 11.1 Å². The summed E-state index contributed by atoms with van der Waals surface area (Å²) in [4.78, 5) is 11.0. The van der Waals surface area contributed by atoms with Gasteiger partial charge in [-0.1, -0.05) is 18.6 Å². The van der Waals surface area contributed by atoms with Crippen LogP contribution in [0.3, 0.4) is 0 Å². The van der Waals surface area contributed by atoms with Crippen molar-refractivity contribution in [3.63, 3.8) is 0 Å². The average molecular weight is 204 g/mol. The van der Waals surface area contributed by atoms with Gasteiger partial charge in [-0.05, 0) is 37.1 Å². The summed E-state index contributed by atoms with van der Waals surface area (Å²) >= 11 is 0. The van der Waals surface area contributed by atoms with E-state index in [1.807, 2.05) is 12.1 Å². The Morgan fingerprint density at radius 3 is 2.93 bits per heavy atom. The smallest absolute Gasteiger partial charge is 0.248 e. The molecule has 15 heavy (non-hydrogen) atoms. The summed E-state index contributed by atoms with van der Waals surface area (Å²) < 4.78 is 0. The zero-order valence-electron chi connectivity index (χ0n) is 8.70. The molecule has 1 aromatic rings. The van der Waals surface area contributed by atoms with Crippen molar-refractivity contribution in [2.75, 3.05) is 6.54 Å². The largest absolute Gasteiger partial charge is 0.366 e. The highest BCUT2D eigenvalue weighted by molar-refractivity contribution is 5.92. The zero-order valence-corrected chi connectivity index (χ0v) is 8.70. The maximum absolute atomic E-state index is 11.0. The number of carbonyl (C=O) groups excluding carboxylic acids is 1. The summed E-state index contributed by atoms with van der Waals surface area (Å²) in [6.45, 7) is 1.06. The molecule has 1 fully saturated rings. The second-order valence-electron chi connectivity index (χ2n) is 3.99. The molecule has 1 aromatic carbocycles. The van der Waals surface area contributed by atoms with Crippen molar-refractivity contribution in [3.8, 4) is 0 Å². The molecule has 3 heteroatoms. The van der Waals surface area contributed by atoms with Crippen molar-refractivity contribution in [3.05, 3.63) is 35.4 Å². The molecular weight excluding hydrogens is 188 g/mol. The van der Waals surface area contributed by atoms with Crippen LogP contribution in [0.25, 0.3) is 0 Å². The first kappa shape index (κ1) is 10.2. The molecule has 1 amide bonds. The first-order valence-electron chi connectivity index (χ1n) is 5.40. The highest BCUT2D eigenvalue weighted by Crippen LogP contribution is 2.23. The summed E-state index contributed by atoms with van der Waals surface area (Å²) in [7, 11) is 0. The van der Waals surface area contributed by atoms with Gasteiger partial charge < -0.3 is 11.1 Å². The molecule has 0 spiro atoms. The molecule has 0 bridgehead atoms. The van der Waals surface area contributed by atoms with E-state index in [2.05, 4.69) is 11.4 Å². The molecule has 1 atom stereocenters. The summed E-state index contributed by atoms with van der Waals surface area (Å²) in [5.74, 6) is -0.354. The number of primary amides is 1. The molecule has 1 saturated heterocycles. The summed E-state index contributed by atoms with van der Waals surface area (Å²) in [5, 5.41) is 3.45. The second-order valence-corrected chi connectivity index (χ2v) is 3.99. The Hall–Kier alpha value is -1.35. The number of amides is 1. The molecule has 0 aromatic heterocycles. The third-order valence-electron chi connectivity index (χ3n) is 2.88. The van der Waals surface area contributed by atoms with Crippen molar-refractivity contribution >= 4 is 5.91 Å². The Labute approximate surface area is 89.7 Å². The Morgan fingerprint density at radius 2 is 2.27 bits per heavy atom. The molecule has 2 rings (SSSR count). The van der Waals surface area contributed by atoms with Crippen LogP contribution in [0.15, 0.2) is 24.3 Å². The number of hydrogen-bond donors (Lipinski definition) is 2. The highest BCUT2D eigenvalue weighted by atomic mass is 16.1. The fraction of sp³-hybridized carbons (Fsp3) is 0.417. The lowest BCUT2D eigenvalue weighted by Gasteiger charge is -2.24. The van der Waals surface area contributed by atoms with E-state index in [4.69, 9.17) is 5.73 Å². The minimum absolute atomic E-state index is 0.354. The van der Waals surface area contributed by atoms with E-state index in [0.717, 1.165) is 13.0 Å². The van der Waals surface area contributed by atoms with Crippen molar-refractivity contribution in [2.45, 2.75) is 25.3 Å². The van der Waals surface area contributed by atoms with Gasteiger partial charge in [-0.25, -0.2) is 0 Å². The third kappa shape index (κ3) is 2.36. The fourth-order valence-corrected chi connectivity index (χ4v) is 2.05. The van der Waals surface area contributed by atoms with E-state index in [1.54, 1.807) is 6.07 Å². The standard InChI is InChI=1S/C12H16N2O/c13-12(15)10-5-3-4-9(8-10)11-6-1-2-7-14-11/h3-5,8,11,14H,1-2,6-7H2,(H2,13,15)/t11-/m1/s1. The Morgan fingerprint density at radius 1 is 1.40 bits per heavy atom. The Balaban J connectivity index is 2.19. The van der Waals surface area contributed by atoms with E-state index in [9.17, 15) is 4.79 Å². The number of benzene rings is 1. The van der Waals surface area contributed by atoms with Gasteiger partial charge in [0.15, 0.2) is 0 Å². The van der Waals surface area contributed by atoms with Crippen LogP contribution in [-0.4, -0.2) is 12.5 Å². The lowest BCUT2D eigenvalue weighted by atomic mass is 9.96. The molecular formula is C12H16N2O. The first-order chi connectivity index (χ1) is 7.27. The van der Waals surface area contributed by atoms with Crippen molar-refractivity contribution in [1.29, 1.82) is 0 Å². The lowest BCUT2D eigenvalue weighted by Crippen LogP contribution is -2.27. The minimum Gasteiger partial charge on any atom is -0.366 e. The van der Waals surface area contributed by atoms with Gasteiger partial charge >= 0.3 is 0 Å². The molecule has 1 aliphatic heterocycles. The van der Waals surface area contributed by atoms with E-state index in [-0.39, 0.29) is 5.91 Å². The van der Waals surface area contributed by atoms with Gasteiger partial charge in [0.2, 0.25) is 5.91 Å². The van der Waals surface area contributed by atoms with Crippen LogP contribution in [0.2, 0.25) is 0 Å². The maximum Gasteiger partial charge on any atom is 0.248 e. The van der Waals surface area contributed by atoms with Crippen molar-refractivity contribution in [1.82, 2.24) is 5.32 Å². The number of nitrogens with one attached hydrogen (secondary N) is 1. The van der Waals surface area contributed by atoms with Gasteiger partial charge in [-0.2, -0.15) is 0 Å². The van der Waals surface area contributed by atoms with E-state index >= 15 is 0 Å². The third-order valence-corrected chi connectivity index (χ3v) is 2.88.